The zero-order chi connectivity index (χ0) is 21.1. The lowest BCUT2D eigenvalue weighted by Crippen LogP contribution is -2.27. The number of carbonyl (C=O) groups is 1. The van der Waals surface area contributed by atoms with Gasteiger partial charge in [0, 0.05) is 13.2 Å². The van der Waals surface area contributed by atoms with Gasteiger partial charge in [0.15, 0.2) is 11.4 Å². The van der Waals surface area contributed by atoms with Gasteiger partial charge in [-0.2, -0.15) is 5.26 Å². The number of hydrogen-bond acceptors (Lipinski definition) is 5. The van der Waals surface area contributed by atoms with Gasteiger partial charge in [0.05, 0.1) is 22.2 Å². The van der Waals surface area contributed by atoms with E-state index in [0.29, 0.717) is 34.9 Å². The van der Waals surface area contributed by atoms with Crippen LogP contribution in [0.1, 0.15) is 33.4 Å². The fourth-order valence-electron chi connectivity index (χ4n) is 3.28. The van der Waals surface area contributed by atoms with Crippen LogP contribution in [-0.2, 0) is 13.0 Å². The fraction of sp³-hybridized carbons (Fsp3) is 0.174. The molecule has 0 saturated carbocycles. The molecular formula is C23H20N4O2S. The number of rotatable bonds is 6. The summed E-state index contributed by atoms with van der Waals surface area (Å²) in [5.74, 6) is 1.32. The Morgan fingerprint density at radius 2 is 2.03 bits per heavy atom. The molecule has 0 radical (unpaired) electrons. The summed E-state index contributed by atoms with van der Waals surface area (Å²) in [5.41, 5.74) is 3.08. The summed E-state index contributed by atoms with van der Waals surface area (Å²) >= 11 is 1.42. The van der Waals surface area contributed by atoms with Crippen molar-refractivity contribution in [3.8, 4) is 11.8 Å². The minimum atomic E-state index is -0.0644. The van der Waals surface area contributed by atoms with Crippen molar-refractivity contribution in [2.24, 2.45) is 0 Å². The van der Waals surface area contributed by atoms with Crippen LogP contribution < -0.4 is 9.64 Å². The Morgan fingerprint density at radius 1 is 1.23 bits per heavy atom. The standard InChI is InChI=1S/C23H20N4O2S/c1-3-18-22(26(2)23(28)20-7-5-13-30-20)27-12-4-6-19(21(27)25-18)29-15-17-10-8-16(14-24)9-11-17/h4-13H,3,15H2,1-2H3. The van der Waals surface area contributed by atoms with Gasteiger partial charge in [0.1, 0.15) is 12.4 Å². The molecule has 4 rings (SSSR count). The van der Waals surface area contributed by atoms with Crippen LogP contribution in [0.3, 0.4) is 0 Å². The minimum absolute atomic E-state index is 0.0644. The molecule has 4 aromatic rings. The number of imidazole rings is 1. The third-order valence-electron chi connectivity index (χ3n) is 4.83. The molecule has 0 N–H and O–H groups in total. The summed E-state index contributed by atoms with van der Waals surface area (Å²) < 4.78 is 7.94. The van der Waals surface area contributed by atoms with Crippen molar-refractivity contribution >= 4 is 28.7 Å². The predicted octanol–water partition coefficient (Wildman–Crippen LogP) is 4.69. The summed E-state index contributed by atoms with van der Waals surface area (Å²) in [6.45, 7) is 2.38. The van der Waals surface area contributed by atoms with Crippen LogP contribution in [0.2, 0.25) is 0 Å². The number of fused-ring (bicyclic) bond motifs is 1. The van der Waals surface area contributed by atoms with E-state index >= 15 is 0 Å². The van der Waals surface area contributed by atoms with Crippen LogP contribution in [0.4, 0.5) is 5.82 Å². The SMILES string of the molecule is CCc1nc2c(OCc3ccc(C#N)cc3)cccn2c1N(C)C(=O)c1cccs1. The van der Waals surface area contributed by atoms with Gasteiger partial charge < -0.3 is 4.74 Å². The Morgan fingerprint density at radius 3 is 2.70 bits per heavy atom. The highest BCUT2D eigenvalue weighted by atomic mass is 32.1. The lowest BCUT2D eigenvalue weighted by atomic mass is 10.2. The molecule has 0 saturated heterocycles. The molecule has 6 nitrogen and oxygen atoms in total. The number of hydrogen-bond donors (Lipinski definition) is 0. The molecule has 0 aliphatic carbocycles. The van der Waals surface area contributed by atoms with Crippen molar-refractivity contribution in [1.29, 1.82) is 5.26 Å². The van der Waals surface area contributed by atoms with Gasteiger partial charge in [-0.25, -0.2) is 4.98 Å². The molecule has 0 spiro atoms. The minimum Gasteiger partial charge on any atom is -0.485 e. The second-order valence-electron chi connectivity index (χ2n) is 6.74. The van der Waals surface area contributed by atoms with E-state index in [2.05, 4.69) is 6.07 Å². The fourth-order valence-corrected chi connectivity index (χ4v) is 3.98. The first-order valence-electron chi connectivity index (χ1n) is 9.55. The van der Waals surface area contributed by atoms with Gasteiger partial charge in [-0.05, 0) is 47.7 Å². The number of aromatic nitrogens is 2. The van der Waals surface area contributed by atoms with E-state index in [1.807, 2.05) is 59.3 Å². The van der Waals surface area contributed by atoms with Gasteiger partial charge in [0.25, 0.3) is 5.91 Å². The predicted molar refractivity (Wildman–Crippen MR) is 117 cm³/mol. The third kappa shape index (κ3) is 3.65. The normalized spacial score (nSPS) is 10.7. The van der Waals surface area contributed by atoms with E-state index in [4.69, 9.17) is 15.0 Å². The monoisotopic (exact) mass is 416 g/mol. The number of amides is 1. The van der Waals surface area contributed by atoms with Gasteiger partial charge in [-0.1, -0.05) is 25.1 Å². The topological polar surface area (TPSA) is 70.6 Å². The van der Waals surface area contributed by atoms with Gasteiger partial charge in [-0.3, -0.25) is 14.1 Å². The molecule has 3 heterocycles. The van der Waals surface area contributed by atoms with Crippen molar-refractivity contribution in [3.05, 3.63) is 81.8 Å². The Hall–Kier alpha value is -3.63. The molecule has 7 heteroatoms. The van der Waals surface area contributed by atoms with Crippen LogP contribution >= 0.6 is 11.3 Å². The van der Waals surface area contributed by atoms with Crippen LogP contribution in [0.5, 0.6) is 5.75 Å². The Bertz CT molecular complexity index is 1220. The number of anilines is 1. The van der Waals surface area contributed by atoms with Crippen molar-refractivity contribution < 1.29 is 9.53 Å². The summed E-state index contributed by atoms with van der Waals surface area (Å²) in [6, 6.07) is 16.9. The third-order valence-corrected chi connectivity index (χ3v) is 5.68. The molecule has 1 amide bonds. The number of pyridine rings is 1. The number of nitrogens with zero attached hydrogens (tertiary/aromatic N) is 4. The van der Waals surface area contributed by atoms with Gasteiger partial charge in [-0.15, -0.1) is 11.3 Å². The first kappa shape index (κ1) is 19.7. The molecule has 0 unspecified atom stereocenters. The van der Waals surface area contributed by atoms with Crippen molar-refractivity contribution in [2.75, 3.05) is 11.9 Å². The summed E-state index contributed by atoms with van der Waals surface area (Å²) in [7, 11) is 1.77. The summed E-state index contributed by atoms with van der Waals surface area (Å²) in [4.78, 5) is 20.0. The van der Waals surface area contributed by atoms with E-state index in [-0.39, 0.29) is 5.91 Å². The first-order chi connectivity index (χ1) is 14.6. The smallest absolute Gasteiger partial charge is 0.269 e. The number of ether oxygens (including phenoxy) is 1. The molecule has 0 fully saturated rings. The molecular weight excluding hydrogens is 396 g/mol. The van der Waals surface area contributed by atoms with Crippen LogP contribution in [0.25, 0.3) is 5.65 Å². The molecule has 30 heavy (non-hydrogen) atoms. The van der Waals surface area contributed by atoms with E-state index in [9.17, 15) is 4.79 Å². The summed E-state index contributed by atoms with van der Waals surface area (Å²) in [5, 5.41) is 10.8. The zero-order valence-corrected chi connectivity index (χ0v) is 17.5. The maximum atomic E-state index is 12.9. The van der Waals surface area contributed by atoms with Crippen LogP contribution in [0, 0.1) is 11.3 Å². The highest BCUT2D eigenvalue weighted by Gasteiger charge is 2.23. The molecule has 3 aromatic heterocycles. The van der Waals surface area contributed by atoms with Crippen LogP contribution in [-0.4, -0.2) is 22.3 Å². The number of aryl methyl sites for hydroxylation is 1. The number of thiophene rings is 1. The maximum Gasteiger partial charge on any atom is 0.269 e. The highest BCUT2D eigenvalue weighted by Crippen LogP contribution is 2.29. The van der Waals surface area contributed by atoms with Crippen molar-refractivity contribution in [3.63, 3.8) is 0 Å². The van der Waals surface area contributed by atoms with E-state index in [0.717, 1.165) is 17.1 Å². The zero-order valence-electron chi connectivity index (χ0n) is 16.7. The van der Waals surface area contributed by atoms with Crippen LogP contribution in [0.15, 0.2) is 60.1 Å². The molecule has 1 aromatic carbocycles. The number of benzene rings is 1. The number of nitriles is 1. The van der Waals surface area contributed by atoms with E-state index in [1.165, 1.54) is 11.3 Å². The second-order valence-corrected chi connectivity index (χ2v) is 7.69. The molecule has 0 aliphatic heterocycles. The summed E-state index contributed by atoms with van der Waals surface area (Å²) in [6.07, 6.45) is 2.58. The van der Waals surface area contributed by atoms with Crippen molar-refractivity contribution in [1.82, 2.24) is 9.38 Å². The molecule has 0 bridgehead atoms. The first-order valence-corrected chi connectivity index (χ1v) is 10.4. The number of carbonyl (C=O) groups excluding carboxylic acids is 1. The molecule has 150 valence electrons. The lowest BCUT2D eigenvalue weighted by molar-refractivity contribution is 0.0995. The average molecular weight is 417 g/mol. The highest BCUT2D eigenvalue weighted by molar-refractivity contribution is 7.12. The second kappa shape index (κ2) is 8.39. The average Bonchev–Trinajstić information content (AvgIpc) is 3.45. The van der Waals surface area contributed by atoms with E-state index in [1.54, 1.807) is 24.1 Å². The molecule has 0 atom stereocenters. The van der Waals surface area contributed by atoms with Crippen molar-refractivity contribution in [2.45, 2.75) is 20.0 Å². The quantitative estimate of drug-likeness (QED) is 0.457. The van der Waals surface area contributed by atoms with Gasteiger partial charge >= 0.3 is 0 Å². The van der Waals surface area contributed by atoms with E-state index < -0.39 is 0 Å². The lowest BCUT2D eigenvalue weighted by Gasteiger charge is -2.17. The Balaban J connectivity index is 1.66. The largest absolute Gasteiger partial charge is 0.485 e. The molecule has 0 aliphatic rings. The Labute approximate surface area is 178 Å². The Kier molecular flexibility index (Phi) is 5.50. The maximum absolute atomic E-state index is 12.9. The van der Waals surface area contributed by atoms with Gasteiger partial charge in [0.2, 0.25) is 0 Å².